The van der Waals surface area contributed by atoms with Gasteiger partial charge in [0.25, 0.3) is 5.91 Å². The third-order valence-electron chi connectivity index (χ3n) is 5.97. The lowest BCUT2D eigenvalue weighted by Gasteiger charge is -2.39. The van der Waals surface area contributed by atoms with Gasteiger partial charge >= 0.3 is 5.97 Å². The topological polar surface area (TPSA) is 94.2 Å². The quantitative estimate of drug-likeness (QED) is 0.487. The van der Waals surface area contributed by atoms with Crippen molar-refractivity contribution in [2.45, 2.75) is 18.9 Å². The molecule has 3 aromatic rings. The van der Waals surface area contributed by atoms with Gasteiger partial charge in [0.2, 0.25) is 5.91 Å². The lowest BCUT2D eigenvalue weighted by molar-refractivity contribution is -0.119. The number of fused-ring (bicyclic) bond motifs is 1. The van der Waals surface area contributed by atoms with Crippen molar-refractivity contribution >= 4 is 34.8 Å². The molecule has 9 heteroatoms. The summed E-state index contributed by atoms with van der Waals surface area (Å²) in [5.74, 6) is -1.08. The van der Waals surface area contributed by atoms with Crippen LogP contribution in [0.25, 0.3) is 0 Å². The first-order valence-corrected chi connectivity index (χ1v) is 11.9. The van der Waals surface area contributed by atoms with Gasteiger partial charge in [0.05, 0.1) is 44.0 Å². The monoisotopic (exact) mass is 494 g/mol. The lowest BCUT2D eigenvalue weighted by Crippen LogP contribution is -2.43. The van der Waals surface area contributed by atoms with Gasteiger partial charge in [-0.3, -0.25) is 9.59 Å². The summed E-state index contributed by atoms with van der Waals surface area (Å²) in [4.78, 5) is 42.2. The van der Waals surface area contributed by atoms with E-state index in [1.54, 1.807) is 55.3 Å². The van der Waals surface area contributed by atoms with E-state index >= 15 is 0 Å². The summed E-state index contributed by atoms with van der Waals surface area (Å²) >= 11 is 1.47. The maximum Gasteiger partial charge on any atom is 0.340 e. The Morgan fingerprint density at radius 1 is 1.06 bits per heavy atom. The van der Waals surface area contributed by atoms with E-state index in [0.29, 0.717) is 28.3 Å². The van der Waals surface area contributed by atoms with Crippen LogP contribution in [0.4, 0.5) is 5.69 Å². The Hall–Kier alpha value is -3.85. The highest BCUT2D eigenvalue weighted by Gasteiger charge is 2.44. The van der Waals surface area contributed by atoms with Crippen LogP contribution in [0.15, 0.2) is 53.9 Å². The minimum atomic E-state index is -0.776. The van der Waals surface area contributed by atoms with Crippen LogP contribution in [0.3, 0.4) is 0 Å². The van der Waals surface area contributed by atoms with Crippen molar-refractivity contribution in [3.05, 3.63) is 75.5 Å². The van der Waals surface area contributed by atoms with Crippen LogP contribution < -0.4 is 14.8 Å². The van der Waals surface area contributed by atoms with Gasteiger partial charge in [0.1, 0.15) is 0 Å². The van der Waals surface area contributed by atoms with E-state index in [9.17, 15) is 14.4 Å². The minimum Gasteiger partial charge on any atom is -0.493 e. The summed E-state index contributed by atoms with van der Waals surface area (Å²) in [6.07, 6.45) is 0. The molecule has 1 aromatic heterocycles. The van der Waals surface area contributed by atoms with E-state index in [0.717, 1.165) is 4.88 Å². The highest BCUT2D eigenvalue weighted by atomic mass is 32.1. The Morgan fingerprint density at radius 2 is 1.77 bits per heavy atom. The molecule has 1 aliphatic heterocycles. The van der Waals surface area contributed by atoms with Gasteiger partial charge in [-0.05, 0) is 48.2 Å². The zero-order valence-corrected chi connectivity index (χ0v) is 20.7. The summed E-state index contributed by atoms with van der Waals surface area (Å²) in [5, 5.41) is 4.81. The molecule has 2 atom stereocenters. The summed E-state index contributed by atoms with van der Waals surface area (Å²) < 4.78 is 16.0. The number of esters is 1. The standard InChI is InChI=1S/C26H26N2O6S/c1-5-34-26(31)15-9-6-7-10-18(15)27-24(29)22-16-13-19(32-3)20(33-4)14-17(16)25(30)28(2)23(22)21-11-8-12-35-21/h6-14,22-23H,5H2,1-4H3,(H,27,29)/t22-,23+/m0/s1. The normalized spacial score (nSPS) is 16.9. The van der Waals surface area contributed by atoms with E-state index in [-0.39, 0.29) is 24.0 Å². The maximum atomic E-state index is 13.9. The number of para-hydroxylation sites is 1. The molecule has 4 rings (SSSR count). The number of carbonyl (C=O) groups is 3. The number of benzene rings is 2. The molecule has 0 aliphatic carbocycles. The molecule has 2 heterocycles. The molecule has 0 spiro atoms. The Kier molecular flexibility index (Phi) is 7.07. The molecule has 35 heavy (non-hydrogen) atoms. The number of carbonyl (C=O) groups excluding carboxylic acids is 3. The number of thiophene rings is 1. The van der Waals surface area contributed by atoms with Crippen LogP contribution in [0.5, 0.6) is 11.5 Å². The summed E-state index contributed by atoms with van der Waals surface area (Å²) in [7, 11) is 4.67. The Morgan fingerprint density at radius 3 is 2.43 bits per heavy atom. The fourth-order valence-corrected chi connectivity index (χ4v) is 5.24. The summed E-state index contributed by atoms with van der Waals surface area (Å²) in [5.41, 5.74) is 1.47. The molecule has 1 N–H and O–H groups in total. The fraction of sp³-hybridized carbons (Fsp3) is 0.269. The number of methoxy groups -OCH3 is 2. The number of nitrogens with one attached hydrogen (secondary N) is 1. The van der Waals surface area contributed by atoms with E-state index in [2.05, 4.69) is 5.32 Å². The van der Waals surface area contributed by atoms with E-state index in [4.69, 9.17) is 14.2 Å². The Balaban J connectivity index is 1.84. The predicted octanol–water partition coefficient (Wildman–Crippen LogP) is 4.49. The molecular formula is C26H26N2O6S. The molecule has 0 radical (unpaired) electrons. The number of anilines is 1. The molecule has 0 bridgehead atoms. The van der Waals surface area contributed by atoms with Crippen molar-refractivity contribution in [1.82, 2.24) is 4.90 Å². The van der Waals surface area contributed by atoms with Crippen LogP contribution in [0.2, 0.25) is 0 Å². The van der Waals surface area contributed by atoms with Crippen molar-refractivity contribution in [2.24, 2.45) is 0 Å². The number of nitrogens with zero attached hydrogens (tertiary/aromatic N) is 1. The first kappa shape index (κ1) is 24.3. The molecule has 0 saturated heterocycles. The first-order valence-electron chi connectivity index (χ1n) is 11.0. The zero-order chi connectivity index (χ0) is 25.1. The third-order valence-corrected chi connectivity index (χ3v) is 6.91. The first-order chi connectivity index (χ1) is 16.9. The molecule has 0 unspecified atom stereocenters. The van der Waals surface area contributed by atoms with E-state index < -0.39 is 17.9 Å². The number of rotatable bonds is 7. The van der Waals surface area contributed by atoms with Crippen molar-refractivity contribution < 1.29 is 28.6 Å². The Bertz CT molecular complexity index is 1260. The van der Waals surface area contributed by atoms with Crippen molar-refractivity contribution in [1.29, 1.82) is 0 Å². The van der Waals surface area contributed by atoms with Gasteiger partial charge in [0.15, 0.2) is 11.5 Å². The van der Waals surface area contributed by atoms with Gasteiger partial charge in [-0.15, -0.1) is 11.3 Å². The van der Waals surface area contributed by atoms with Crippen molar-refractivity contribution in [2.75, 3.05) is 33.2 Å². The second-order valence-electron chi connectivity index (χ2n) is 7.90. The highest BCUT2D eigenvalue weighted by Crippen LogP contribution is 2.47. The minimum absolute atomic E-state index is 0.214. The van der Waals surface area contributed by atoms with Gasteiger partial charge in [-0.1, -0.05) is 18.2 Å². The smallest absolute Gasteiger partial charge is 0.340 e. The molecule has 2 amide bonds. The SMILES string of the molecule is CCOC(=O)c1ccccc1NC(=O)[C@H]1c2cc(OC)c(OC)cc2C(=O)N(C)[C@@H]1c1cccs1. The van der Waals surface area contributed by atoms with Gasteiger partial charge < -0.3 is 24.4 Å². The molecule has 0 fully saturated rings. The summed E-state index contributed by atoms with van der Waals surface area (Å²) in [6, 6.07) is 13.2. The number of ether oxygens (including phenoxy) is 3. The van der Waals surface area contributed by atoms with Gasteiger partial charge in [0, 0.05) is 17.5 Å². The molecular weight excluding hydrogens is 468 g/mol. The number of hydrogen-bond donors (Lipinski definition) is 1. The second-order valence-corrected chi connectivity index (χ2v) is 8.88. The molecule has 1 aliphatic rings. The molecule has 182 valence electrons. The highest BCUT2D eigenvalue weighted by molar-refractivity contribution is 7.10. The second kappa shape index (κ2) is 10.2. The van der Waals surface area contributed by atoms with E-state index in [1.165, 1.54) is 25.6 Å². The van der Waals surface area contributed by atoms with Crippen LogP contribution in [-0.2, 0) is 9.53 Å². The van der Waals surface area contributed by atoms with Gasteiger partial charge in [-0.2, -0.15) is 0 Å². The lowest BCUT2D eigenvalue weighted by atomic mass is 9.81. The zero-order valence-electron chi connectivity index (χ0n) is 19.9. The Labute approximate surface area is 207 Å². The van der Waals surface area contributed by atoms with Crippen LogP contribution in [0, 0.1) is 0 Å². The maximum absolute atomic E-state index is 13.9. The van der Waals surface area contributed by atoms with Crippen LogP contribution in [0.1, 0.15) is 50.0 Å². The van der Waals surface area contributed by atoms with Crippen LogP contribution >= 0.6 is 11.3 Å². The average molecular weight is 495 g/mol. The predicted molar refractivity (Wildman–Crippen MR) is 132 cm³/mol. The largest absolute Gasteiger partial charge is 0.493 e. The summed E-state index contributed by atoms with van der Waals surface area (Å²) in [6.45, 7) is 1.93. The van der Waals surface area contributed by atoms with Crippen molar-refractivity contribution in [3.8, 4) is 11.5 Å². The average Bonchev–Trinajstić information content (AvgIpc) is 3.40. The number of likely N-dealkylation sites (N-methyl/N-ethyl adjacent to an activating group) is 1. The number of amides is 2. The van der Waals surface area contributed by atoms with Gasteiger partial charge in [-0.25, -0.2) is 4.79 Å². The molecule has 8 nitrogen and oxygen atoms in total. The van der Waals surface area contributed by atoms with Crippen molar-refractivity contribution in [3.63, 3.8) is 0 Å². The molecule has 0 saturated carbocycles. The van der Waals surface area contributed by atoms with Crippen LogP contribution in [-0.4, -0.2) is 50.6 Å². The number of hydrogen-bond acceptors (Lipinski definition) is 7. The third kappa shape index (κ3) is 4.46. The fourth-order valence-electron chi connectivity index (χ4n) is 4.34. The van der Waals surface area contributed by atoms with E-state index in [1.807, 2.05) is 17.5 Å². The molecule has 2 aromatic carbocycles.